The van der Waals surface area contributed by atoms with Crippen molar-refractivity contribution in [3.8, 4) is 11.5 Å². The summed E-state index contributed by atoms with van der Waals surface area (Å²) in [6.07, 6.45) is 0. The number of hydrogen-bond donors (Lipinski definition) is 4. The van der Waals surface area contributed by atoms with Crippen molar-refractivity contribution in [1.29, 1.82) is 0 Å². The molecule has 108 valence electrons. The molecule has 0 aromatic heterocycles. The van der Waals surface area contributed by atoms with E-state index in [0.717, 1.165) is 0 Å². The van der Waals surface area contributed by atoms with Gasteiger partial charge < -0.3 is 26.4 Å². The molecule has 0 radical (unpaired) electrons. The molecule has 0 aliphatic carbocycles. The van der Waals surface area contributed by atoms with Crippen LogP contribution in [0.1, 0.15) is 20.7 Å². The Morgan fingerprint density at radius 1 is 0.810 bits per heavy atom. The van der Waals surface area contributed by atoms with E-state index in [-0.39, 0.29) is 34.0 Å². The first-order valence-electron chi connectivity index (χ1n) is 5.82. The fraction of sp³-hybridized carbons (Fsp3) is 0. The number of carboxylic acid groups (broad SMARTS) is 2. The van der Waals surface area contributed by atoms with Crippen LogP contribution in [-0.2, 0) is 0 Å². The fourth-order valence-corrected chi connectivity index (χ4v) is 1.70. The van der Waals surface area contributed by atoms with Crippen molar-refractivity contribution in [2.24, 2.45) is 0 Å². The summed E-state index contributed by atoms with van der Waals surface area (Å²) < 4.78 is 5.43. The standard InChI is InChI=1S/C14H12N2O5/c15-11-3-1-7(5-9(11)13(17)18)21-8-2-4-12(16)10(6-8)14(19)20/h1-6H,15-16H2,(H,17,18)(H,19,20). The van der Waals surface area contributed by atoms with Crippen LogP contribution < -0.4 is 16.2 Å². The van der Waals surface area contributed by atoms with Crippen molar-refractivity contribution in [2.45, 2.75) is 0 Å². The second-order valence-electron chi connectivity index (χ2n) is 4.21. The zero-order valence-electron chi connectivity index (χ0n) is 10.7. The third kappa shape index (κ3) is 3.03. The minimum atomic E-state index is -1.18. The van der Waals surface area contributed by atoms with Gasteiger partial charge in [0.1, 0.15) is 11.5 Å². The van der Waals surface area contributed by atoms with Crippen LogP contribution in [-0.4, -0.2) is 22.2 Å². The summed E-state index contributed by atoms with van der Waals surface area (Å²) >= 11 is 0. The molecule has 2 aromatic carbocycles. The number of benzene rings is 2. The van der Waals surface area contributed by atoms with Crippen LogP contribution in [0.3, 0.4) is 0 Å². The molecule has 0 heterocycles. The van der Waals surface area contributed by atoms with E-state index < -0.39 is 11.9 Å². The summed E-state index contributed by atoms with van der Waals surface area (Å²) in [6.45, 7) is 0. The Balaban J connectivity index is 2.34. The summed E-state index contributed by atoms with van der Waals surface area (Å²) in [6, 6.07) is 8.28. The predicted molar refractivity (Wildman–Crippen MR) is 75.7 cm³/mol. The first-order chi connectivity index (χ1) is 9.88. The van der Waals surface area contributed by atoms with Crippen LogP contribution in [0, 0.1) is 0 Å². The molecule has 0 unspecified atom stereocenters. The van der Waals surface area contributed by atoms with Crippen LogP contribution in [0.2, 0.25) is 0 Å². The van der Waals surface area contributed by atoms with Gasteiger partial charge in [0.15, 0.2) is 0 Å². The maximum atomic E-state index is 11.0. The lowest BCUT2D eigenvalue weighted by Crippen LogP contribution is -2.03. The molecule has 0 bridgehead atoms. The Bertz CT molecular complexity index is 666. The molecule has 6 N–H and O–H groups in total. The van der Waals surface area contributed by atoms with Gasteiger partial charge in [0.2, 0.25) is 0 Å². The number of aromatic carboxylic acids is 2. The molecule has 0 aliphatic rings. The summed E-state index contributed by atoms with van der Waals surface area (Å²) in [5.41, 5.74) is 11.1. The molecule has 2 aromatic rings. The number of carboxylic acids is 2. The molecule has 21 heavy (non-hydrogen) atoms. The number of ether oxygens (including phenoxy) is 1. The largest absolute Gasteiger partial charge is 0.478 e. The van der Waals surface area contributed by atoms with Crippen LogP contribution >= 0.6 is 0 Å². The molecule has 0 atom stereocenters. The van der Waals surface area contributed by atoms with Gasteiger partial charge in [-0.3, -0.25) is 0 Å². The zero-order valence-corrected chi connectivity index (χ0v) is 10.7. The first-order valence-corrected chi connectivity index (χ1v) is 5.82. The van der Waals surface area contributed by atoms with E-state index in [2.05, 4.69) is 0 Å². The van der Waals surface area contributed by atoms with Crippen molar-refractivity contribution in [1.82, 2.24) is 0 Å². The molecular weight excluding hydrogens is 276 g/mol. The molecule has 0 spiro atoms. The molecule has 0 aliphatic heterocycles. The molecule has 0 amide bonds. The van der Waals surface area contributed by atoms with E-state index >= 15 is 0 Å². The normalized spacial score (nSPS) is 10.1. The Labute approximate surface area is 119 Å². The van der Waals surface area contributed by atoms with E-state index in [1.165, 1.54) is 36.4 Å². The van der Waals surface area contributed by atoms with Crippen molar-refractivity contribution in [3.63, 3.8) is 0 Å². The third-order valence-corrected chi connectivity index (χ3v) is 2.75. The minimum Gasteiger partial charge on any atom is -0.478 e. The summed E-state index contributed by atoms with van der Waals surface area (Å²) in [7, 11) is 0. The predicted octanol–water partition coefficient (Wildman–Crippen LogP) is 2.04. The van der Waals surface area contributed by atoms with Crippen molar-refractivity contribution in [3.05, 3.63) is 47.5 Å². The van der Waals surface area contributed by atoms with Crippen LogP contribution in [0.25, 0.3) is 0 Å². The Hall–Kier alpha value is -3.22. The van der Waals surface area contributed by atoms with Gasteiger partial charge in [-0.05, 0) is 36.4 Å². The highest BCUT2D eigenvalue weighted by molar-refractivity contribution is 5.94. The lowest BCUT2D eigenvalue weighted by molar-refractivity contribution is 0.0687. The quantitative estimate of drug-likeness (QED) is 0.632. The topological polar surface area (TPSA) is 136 Å². The van der Waals surface area contributed by atoms with Gasteiger partial charge in [0.05, 0.1) is 11.1 Å². The second-order valence-corrected chi connectivity index (χ2v) is 4.21. The number of carbonyl (C=O) groups is 2. The van der Waals surface area contributed by atoms with Gasteiger partial charge in [-0.1, -0.05) is 0 Å². The molecular formula is C14H12N2O5. The zero-order chi connectivity index (χ0) is 15.6. The van der Waals surface area contributed by atoms with Gasteiger partial charge in [-0.2, -0.15) is 0 Å². The summed E-state index contributed by atoms with van der Waals surface area (Å²) in [5.74, 6) is -1.91. The van der Waals surface area contributed by atoms with Crippen LogP contribution in [0.5, 0.6) is 11.5 Å². The number of nitrogens with two attached hydrogens (primary N) is 2. The number of nitrogen functional groups attached to an aromatic ring is 2. The third-order valence-electron chi connectivity index (χ3n) is 2.75. The van der Waals surface area contributed by atoms with E-state index in [1.54, 1.807) is 0 Å². The average molecular weight is 288 g/mol. The lowest BCUT2D eigenvalue weighted by atomic mass is 10.1. The van der Waals surface area contributed by atoms with Crippen LogP contribution in [0.15, 0.2) is 36.4 Å². The van der Waals surface area contributed by atoms with E-state index in [0.29, 0.717) is 0 Å². The second kappa shape index (κ2) is 5.41. The summed E-state index contributed by atoms with van der Waals surface area (Å²) in [5, 5.41) is 18.0. The lowest BCUT2D eigenvalue weighted by Gasteiger charge is -2.09. The molecule has 0 fully saturated rings. The number of hydrogen-bond acceptors (Lipinski definition) is 5. The molecule has 7 nitrogen and oxygen atoms in total. The molecule has 7 heteroatoms. The van der Waals surface area contributed by atoms with Gasteiger partial charge in [-0.25, -0.2) is 9.59 Å². The van der Waals surface area contributed by atoms with Gasteiger partial charge in [-0.15, -0.1) is 0 Å². The molecule has 0 saturated heterocycles. The fourth-order valence-electron chi connectivity index (χ4n) is 1.70. The van der Waals surface area contributed by atoms with Crippen molar-refractivity contribution >= 4 is 23.3 Å². The Morgan fingerprint density at radius 2 is 1.19 bits per heavy atom. The van der Waals surface area contributed by atoms with Gasteiger partial charge in [0, 0.05) is 11.4 Å². The van der Waals surface area contributed by atoms with E-state index in [9.17, 15) is 9.59 Å². The Kier molecular flexibility index (Phi) is 3.66. The maximum Gasteiger partial charge on any atom is 0.337 e. The van der Waals surface area contributed by atoms with E-state index in [1.807, 2.05) is 0 Å². The monoisotopic (exact) mass is 288 g/mol. The first kappa shape index (κ1) is 14.2. The highest BCUT2D eigenvalue weighted by Crippen LogP contribution is 2.27. The minimum absolute atomic E-state index is 0.0959. The molecule has 2 rings (SSSR count). The number of anilines is 2. The van der Waals surface area contributed by atoms with Gasteiger partial charge >= 0.3 is 11.9 Å². The van der Waals surface area contributed by atoms with Gasteiger partial charge in [0.25, 0.3) is 0 Å². The molecule has 0 saturated carbocycles. The maximum absolute atomic E-state index is 11.0. The van der Waals surface area contributed by atoms with Crippen molar-refractivity contribution < 1.29 is 24.5 Å². The highest BCUT2D eigenvalue weighted by Gasteiger charge is 2.12. The Morgan fingerprint density at radius 3 is 1.52 bits per heavy atom. The average Bonchev–Trinajstić information content (AvgIpc) is 2.42. The summed E-state index contributed by atoms with van der Waals surface area (Å²) in [4.78, 5) is 22.0. The number of rotatable bonds is 4. The van der Waals surface area contributed by atoms with E-state index in [4.69, 9.17) is 26.4 Å². The highest BCUT2D eigenvalue weighted by atomic mass is 16.5. The van der Waals surface area contributed by atoms with Crippen LogP contribution in [0.4, 0.5) is 11.4 Å². The smallest absolute Gasteiger partial charge is 0.337 e. The SMILES string of the molecule is Nc1ccc(Oc2ccc(N)c(C(=O)O)c2)cc1C(=O)O. The van der Waals surface area contributed by atoms with Crippen molar-refractivity contribution in [2.75, 3.05) is 11.5 Å².